The first-order valence-electron chi connectivity index (χ1n) is 8.89. The van der Waals surface area contributed by atoms with Gasteiger partial charge in [0, 0.05) is 16.2 Å². The van der Waals surface area contributed by atoms with Crippen LogP contribution in [0.3, 0.4) is 0 Å². The Labute approximate surface area is 180 Å². The predicted molar refractivity (Wildman–Crippen MR) is 119 cm³/mol. The molecule has 0 atom stereocenters. The summed E-state index contributed by atoms with van der Waals surface area (Å²) < 4.78 is 2.40. The van der Waals surface area contributed by atoms with E-state index in [4.69, 9.17) is 0 Å². The molecular formula is C22H16BrN3O2S. The molecule has 5 nitrogen and oxygen atoms in total. The third-order valence-electron chi connectivity index (χ3n) is 4.37. The summed E-state index contributed by atoms with van der Waals surface area (Å²) >= 11 is 4.61. The number of rotatable bonds is 5. The Kier molecular flexibility index (Phi) is 5.60. The Hall–Kier alpha value is -2.77. The minimum absolute atomic E-state index is 0.0336. The van der Waals surface area contributed by atoms with Crippen LogP contribution in [0.1, 0.15) is 15.9 Å². The van der Waals surface area contributed by atoms with Crippen LogP contribution in [0.15, 0.2) is 81.3 Å². The fourth-order valence-electron chi connectivity index (χ4n) is 2.90. The summed E-state index contributed by atoms with van der Waals surface area (Å²) in [7, 11) is 0. The first kappa shape index (κ1) is 19.5. The van der Waals surface area contributed by atoms with Crippen LogP contribution >= 0.6 is 27.7 Å². The second kappa shape index (κ2) is 8.31. The number of fused-ring (bicyclic) bond motifs is 1. The first-order chi connectivity index (χ1) is 14.0. The molecule has 2 aromatic heterocycles. The quantitative estimate of drug-likeness (QED) is 0.240. The third kappa shape index (κ3) is 4.16. The number of aromatic nitrogens is 3. The van der Waals surface area contributed by atoms with Crippen LogP contribution in [-0.4, -0.2) is 26.1 Å². The number of aryl methyl sites for hydroxylation is 1. The SMILES string of the molecule is Cc1ccnc(-n2c(SCC(=O)c3ccc(Br)cc3)nc3ccccc3c2=O)c1. The molecule has 0 fully saturated rings. The van der Waals surface area contributed by atoms with Gasteiger partial charge in [-0.1, -0.05) is 52.0 Å². The van der Waals surface area contributed by atoms with Gasteiger partial charge in [-0.15, -0.1) is 0 Å². The van der Waals surface area contributed by atoms with Crippen molar-refractivity contribution >= 4 is 44.4 Å². The fraction of sp³-hybridized carbons (Fsp3) is 0.0909. The highest BCUT2D eigenvalue weighted by atomic mass is 79.9. The molecule has 7 heteroatoms. The highest BCUT2D eigenvalue weighted by Crippen LogP contribution is 2.22. The number of benzene rings is 2. The van der Waals surface area contributed by atoms with Crippen molar-refractivity contribution in [2.24, 2.45) is 0 Å². The van der Waals surface area contributed by atoms with Gasteiger partial charge in [-0.25, -0.2) is 14.5 Å². The van der Waals surface area contributed by atoms with E-state index in [2.05, 4.69) is 25.9 Å². The predicted octanol–water partition coefficient (Wildman–Crippen LogP) is 4.83. The van der Waals surface area contributed by atoms with Crippen molar-refractivity contribution in [2.45, 2.75) is 12.1 Å². The Morgan fingerprint density at radius 1 is 1.10 bits per heavy atom. The van der Waals surface area contributed by atoms with Gasteiger partial charge < -0.3 is 0 Å². The lowest BCUT2D eigenvalue weighted by Crippen LogP contribution is -2.23. The number of halogens is 1. The van der Waals surface area contributed by atoms with E-state index in [0.29, 0.717) is 27.4 Å². The topological polar surface area (TPSA) is 64.8 Å². The summed E-state index contributed by atoms with van der Waals surface area (Å²) in [5.74, 6) is 0.624. The van der Waals surface area contributed by atoms with Gasteiger partial charge in [0.05, 0.1) is 16.7 Å². The molecule has 2 heterocycles. The maximum Gasteiger partial charge on any atom is 0.267 e. The van der Waals surface area contributed by atoms with E-state index in [1.54, 1.807) is 30.5 Å². The van der Waals surface area contributed by atoms with Crippen LogP contribution < -0.4 is 5.56 Å². The standard InChI is InChI=1S/C22H16BrN3O2S/c1-14-10-11-24-20(12-14)26-21(28)17-4-2-3-5-18(17)25-22(26)29-13-19(27)15-6-8-16(23)9-7-15/h2-12H,13H2,1H3. The number of hydrogen-bond acceptors (Lipinski definition) is 5. The van der Waals surface area contributed by atoms with Gasteiger partial charge in [0.25, 0.3) is 5.56 Å². The molecule has 0 aliphatic rings. The van der Waals surface area contributed by atoms with Crippen LogP contribution in [0.25, 0.3) is 16.7 Å². The average Bonchev–Trinajstić information content (AvgIpc) is 2.72. The van der Waals surface area contributed by atoms with Crippen molar-refractivity contribution in [3.8, 4) is 5.82 Å². The lowest BCUT2D eigenvalue weighted by Gasteiger charge is -2.12. The molecule has 0 saturated carbocycles. The molecule has 144 valence electrons. The number of ketones is 1. The Balaban J connectivity index is 1.76. The van der Waals surface area contributed by atoms with Crippen LogP contribution in [0, 0.1) is 6.92 Å². The summed E-state index contributed by atoms with van der Waals surface area (Å²) in [5.41, 5.74) is 1.99. The number of hydrogen-bond donors (Lipinski definition) is 0. The van der Waals surface area contributed by atoms with Gasteiger partial charge in [-0.2, -0.15) is 0 Å². The fourth-order valence-corrected chi connectivity index (χ4v) is 4.06. The molecular weight excluding hydrogens is 450 g/mol. The number of carbonyl (C=O) groups is 1. The second-order valence-corrected chi connectivity index (χ2v) is 8.32. The van der Waals surface area contributed by atoms with Crippen LogP contribution in [0.4, 0.5) is 0 Å². The highest BCUT2D eigenvalue weighted by molar-refractivity contribution is 9.10. The maximum atomic E-state index is 13.2. The lowest BCUT2D eigenvalue weighted by molar-refractivity contribution is 0.102. The number of Topliss-reactive ketones (excluding diaryl/α,β-unsaturated/α-hetero) is 1. The minimum atomic E-state index is -0.202. The zero-order chi connectivity index (χ0) is 20.4. The van der Waals surface area contributed by atoms with Gasteiger partial charge in [0.2, 0.25) is 0 Å². The van der Waals surface area contributed by atoms with E-state index >= 15 is 0 Å². The van der Waals surface area contributed by atoms with Gasteiger partial charge in [-0.3, -0.25) is 9.59 Å². The van der Waals surface area contributed by atoms with Gasteiger partial charge in [0.1, 0.15) is 5.82 Å². The number of para-hydroxylation sites is 1. The molecule has 0 saturated heterocycles. The maximum absolute atomic E-state index is 13.2. The van der Waals surface area contributed by atoms with Crippen molar-refractivity contribution in [1.29, 1.82) is 0 Å². The van der Waals surface area contributed by atoms with Crippen LogP contribution in [0.5, 0.6) is 0 Å². The molecule has 29 heavy (non-hydrogen) atoms. The summed E-state index contributed by atoms with van der Waals surface area (Å²) in [4.78, 5) is 34.8. The molecule has 0 unspecified atom stereocenters. The molecule has 0 radical (unpaired) electrons. The van der Waals surface area contributed by atoms with Crippen LogP contribution in [-0.2, 0) is 0 Å². The molecule has 0 aliphatic heterocycles. The molecule has 0 bridgehead atoms. The van der Waals surface area contributed by atoms with Crippen LogP contribution in [0.2, 0.25) is 0 Å². The van der Waals surface area contributed by atoms with E-state index in [1.807, 2.05) is 43.3 Å². The van der Waals surface area contributed by atoms with E-state index in [1.165, 1.54) is 16.3 Å². The average molecular weight is 466 g/mol. The summed E-state index contributed by atoms with van der Waals surface area (Å²) in [6, 6.07) is 18.1. The molecule has 0 aliphatic carbocycles. The van der Waals surface area contributed by atoms with Crippen molar-refractivity contribution < 1.29 is 4.79 Å². The molecule has 4 aromatic rings. The molecule has 0 amide bonds. The smallest absolute Gasteiger partial charge is 0.267 e. The summed E-state index contributed by atoms with van der Waals surface area (Å²) in [6.45, 7) is 1.94. The molecule has 2 aromatic carbocycles. The lowest BCUT2D eigenvalue weighted by atomic mass is 10.2. The van der Waals surface area contributed by atoms with Crippen molar-refractivity contribution in [2.75, 3.05) is 5.75 Å². The van der Waals surface area contributed by atoms with Crippen molar-refractivity contribution in [3.63, 3.8) is 0 Å². The summed E-state index contributed by atoms with van der Waals surface area (Å²) in [5, 5.41) is 0.955. The van der Waals surface area contributed by atoms with E-state index in [9.17, 15) is 9.59 Å². The van der Waals surface area contributed by atoms with E-state index in [-0.39, 0.29) is 17.1 Å². The first-order valence-corrected chi connectivity index (χ1v) is 10.7. The monoisotopic (exact) mass is 465 g/mol. The molecule has 0 spiro atoms. The largest absolute Gasteiger partial charge is 0.293 e. The normalized spacial score (nSPS) is 11.0. The number of carbonyl (C=O) groups excluding carboxylic acids is 1. The Bertz CT molecular complexity index is 1270. The Morgan fingerprint density at radius 3 is 2.62 bits per heavy atom. The Morgan fingerprint density at radius 2 is 1.86 bits per heavy atom. The number of nitrogens with zero attached hydrogens (tertiary/aromatic N) is 3. The zero-order valence-corrected chi connectivity index (χ0v) is 17.9. The van der Waals surface area contributed by atoms with Gasteiger partial charge in [-0.05, 0) is 48.9 Å². The summed E-state index contributed by atoms with van der Waals surface area (Å²) in [6.07, 6.45) is 1.66. The zero-order valence-electron chi connectivity index (χ0n) is 15.5. The number of pyridine rings is 1. The van der Waals surface area contributed by atoms with E-state index < -0.39 is 0 Å². The highest BCUT2D eigenvalue weighted by Gasteiger charge is 2.16. The molecule has 0 N–H and O–H groups in total. The van der Waals surface area contributed by atoms with E-state index in [0.717, 1.165) is 10.0 Å². The van der Waals surface area contributed by atoms with Gasteiger partial charge in [0.15, 0.2) is 10.9 Å². The van der Waals surface area contributed by atoms with Gasteiger partial charge >= 0.3 is 0 Å². The second-order valence-electron chi connectivity index (χ2n) is 6.46. The van der Waals surface area contributed by atoms with Crippen molar-refractivity contribution in [1.82, 2.24) is 14.5 Å². The number of thioether (sulfide) groups is 1. The van der Waals surface area contributed by atoms with Crippen molar-refractivity contribution in [3.05, 3.63) is 92.8 Å². The molecule has 4 rings (SSSR count). The third-order valence-corrected chi connectivity index (χ3v) is 5.84. The minimum Gasteiger partial charge on any atom is -0.293 e.